The Balaban J connectivity index is 1.03. The van der Waals surface area contributed by atoms with Crippen molar-refractivity contribution in [3.05, 3.63) is 211 Å². The van der Waals surface area contributed by atoms with E-state index in [1.807, 2.05) is 54.6 Å². The SMILES string of the molecule is [2H]c1c([2H])c([2H])c2c(c1[2H])c1c([2H])c([2H])c([2H])c([2H])c1n2-c1cccc2c1c1ccc(Oc3cccc(N4CN(c5cc(C(C)(C)C)cc(C(C)(C)C)c5)c5c(-c6ccccc6)cccc54)c3)cc1n2-c1cc(C(C)(C)C)ccn1. The van der Waals surface area contributed by atoms with Gasteiger partial charge in [0.05, 0.1) is 50.1 Å². The summed E-state index contributed by atoms with van der Waals surface area (Å²) in [4.78, 5) is 9.76. The second-order valence-electron chi connectivity index (χ2n) is 22.0. The zero-order chi connectivity index (χ0) is 56.6. The van der Waals surface area contributed by atoms with Crippen LogP contribution in [-0.2, 0) is 16.2 Å². The number of aromatic nitrogens is 3. The molecule has 0 bridgehead atoms. The molecule has 0 saturated heterocycles. The molecule has 0 radical (unpaired) electrons. The minimum absolute atomic E-state index is 0.0161. The molecule has 0 fully saturated rings. The van der Waals surface area contributed by atoms with Gasteiger partial charge in [0.2, 0.25) is 0 Å². The third-order valence-electron chi connectivity index (χ3n) is 14.1. The summed E-state index contributed by atoms with van der Waals surface area (Å²) in [6.07, 6.45) is 1.80. The molecule has 1 aliphatic heterocycles. The van der Waals surface area contributed by atoms with Crippen LogP contribution < -0.4 is 14.5 Å². The molecule has 72 heavy (non-hydrogen) atoms. The Hall–Kier alpha value is -8.09. The highest BCUT2D eigenvalue weighted by Gasteiger charge is 2.33. The smallest absolute Gasteiger partial charge is 0.137 e. The van der Waals surface area contributed by atoms with Gasteiger partial charge in [-0.2, -0.15) is 0 Å². The topological polar surface area (TPSA) is 38.5 Å². The number of para-hydroxylation sites is 3. The lowest BCUT2D eigenvalue weighted by Gasteiger charge is -2.30. The second-order valence-corrected chi connectivity index (χ2v) is 22.0. The molecule has 0 N–H and O–H groups in total. The highest BCUT2D eigenvalue weighted by Crippen LogP contribution is 2.51. The van der Waals surface area contributed by atoms with E-state index in [9.17, 15) is 2.74 Å². The minimum atomic E-state index is -0.493. The number of nitrogens with zero attached hydrogens (tertiary/aromatic N) is 5. The Bertz CT molecular complexity index is 4260. The zero-order valence-electron chi connectivity index (χ0n) is 50.2. The number of ether oxygens (including phenoxy) is 1. The lowest BCUT2D eigenvalue weighted by molar-refractivity contribution is 0.483. The van der Waals surface area contributed by atoms with Crippen LogP contribution in [0.25, 0.3) is 66.2 Å². The largest absolute Gasteiger partial charge is 0.457 e. The predicted octanol–water partition coefficient (Wildman–Crippen LogP) is 17.9. The van der Waals surface area contributed by atoms with Crippen LogP contribution in [0.2, 0.25) is 0 Å². The van der Waals surface area contributed by atoms with Crippen LogP contribution in [0.5, 0.6) is 11.5 Å². The third kappa shape index (κ3) is 7.68. The Morgan fingerprint density at radius 3 is 1.81 bits per heavy atom. The molecule has 3 aromatic heterocycles. The van der Waals surface area contributed by atoms with Crippen molar-refractivity contribution < 1.29 is 15.7 Å². The maximum Gasteiger partial charge on any atom is 0.137 e. The first-order valence-corrected chi connectivity index (χ1v) is 24.6. The second kappa shape index (κ2) is 16.8. The predicted molar refractivity (Wildman–Crippen MR) is 303 cm³/mol. The number of pyridine rings is 1. The van der Waals surface area contributed by atoms with Gasteiger partial charge in [0.15, 0.2) is 0 Å². The molecule has 0 saturated carbocycles. The first-order valence-electron chi connectivity index (χ1n) is 28.6. The van der Waals surface area contributed by atoms with Gasteiger partial charge in [0, 0.05) is 56.8 Å². The summed E-state index contributed by atoms with van der Waals surface area (Å²) in [5.41, 5.74) is 11.8. The van der Waals surface area contributed by atoms with E-state index in [0.717, 1.165) is 50.3 Å². The molecule has 0 amide bonds. The van der Waals surface area contributed by atoms with E-state index in [1.165, 1.54) is 11.1 Å². The maximum absolute atomic E-state index is 9.32. The number of fused-ring (bicyclic) bond motifs is 7. The van der Waals surface area contributed by atoms with Crippen molar-refractivity contribution in [1.29, 1.82) is 0 Å². The number of benzene rings is 8. The molecular weight excluding hydrogens is 879 g/mol. The Morgan fingerprint density at radius 2 is 1.11 bits per heavy atom. The lowest BCUT2D eigenvalue weighted by Crippen LogP contribution is -2.25. The van der Waals surface area contributed by atoms with Crippen LogP contribution in [0.4, 0.5) is 22.7 Å². The molecule has 6 nitrogen and oxygen atoms in total. The van der Waals surface area contributed by atoms with E-state index >= 15 is 0 Å². The van der Waals surface area contributed by atoms with Crippen molar-refractivity contribution in [3.63, 3.8) is 0 Å². The van der Waals surface area contributed by atoms with Crippen molar-refractivity contribution >= 4 is 66.4 Å². The monoisotopic (exact) mass is 948 g/mol. The first kappa shape index (κ1) is 36.8. The van der Waals surface area contributed by atoms with Crippen LogP contribution in [0.1, 0.15) is 90.0 Å². The molecule has 4 heterocycles. The van der Waals surface area contributed by atoms with Crippen molar-refractivity contribution in [1.82, 2.24) is 14.1 Å². The van der Waals surface area contributed by atoms with E-state index in [2.05, 4.69) is 162 Å². The lowest BCUT2D eigenvalue weighted by atomic mass is 9.80. The van der Waals surface area contributed by atoms with E-state index in [1.54, 1.807) is 10.8 Å². The quantitative estimate of drug-likeness (QED) is 0.160. The van der Waals surface area contributed by atoms with Gasteiger partial charge >= 0.3 is 0 Å². The van der Waals surface area contributed by atoms with Crippen LogP contribution in [0, 0.1) is 0 Å². The van der Waals surface area contributed by atoms with Crippen LogP contribution >= 0.6 is 0 Å². The summed E-state index contributed by atoms with van der Waals surface area (Å²) < 4.78 is 82.4. The summed E-state index contributed by atoms with van der Waals surface area (Å²) in [5, 5.41) is 1.46. The molecule has 0 spiro atoms. The van der Waals surface area contributed by atoms with Gasteiger partial charge in [-0.05, 0) is 117 Å². The molecular formula is C66H61N5O. The summed E-state index contributed by atoms with van der Waals surface area (Å²) in [6, 6.07) is 44.5. The maximum atomic E-state index is 9.32. The van der Waals surface area contributed by atoms with Crippen LogP contribution in [-0.4, -0.2) is 20.8 Å². The molecule has 12 rings (SSSR count). The number of rotatable bonds is 7. The van der Waals surface area contributed by atoms with Crippen molar-refractivity contribution in [2.45, 2.75) is 78.6 Å². The molecule has 0 atom stereocenters. The van der Waals surface area contributed by atoms with Gasteiger partial charge in [-0.3, -0.25) is 4.57 Å². The molecule has 1 aliphatic rings. The summed E-state index contributed by atoms with van der Waals surface area (Å²) in [5.74, 6) is 1.81. The number of anilines is 4. The highest BCUT2D eigenvalue weighted by atomic mass is 16.5. The fraction of sp³-hybridized carbons (Fsp3) is 0.197. The summed E-state index contributed by atoms with van der Waals surface area (Å²) in [7, 11) is 0. The van der Waals surface area contributed by atoms with E-state index in [-0.39, 0.29) is 62.2 Å². The first-order chi connectivity index (χ1) is 37.9. The van der Waals surface area contributed by atoms with Gasteiger partial charge in [-0.15, -0.1) is 0 Å². The van der Waals surface area contributed by atoms with E-state index in [4.69, 9.17) is 17.9 Å². The Kier molecular flexibility index (Phi) is 8.57. The van der Waals surface area contributed by atoms with Crippen molar-refractivity contribution in [2.75, 3.05) is 16.5 Å². The van der Waals surface area contributed by atoms with Crippen LogP contribution in [0.15, 0.2) is 194 Å². The molecule has 11 aromatic rings. The average molecular weight is 948 g/mol. The third-order valence-corrected chi connectivity index (χ3v) is 14.1. The summed E-state index contributed by atoms with van der Waals surface area (Å²) in [6.45, 7) is 20.6. The average Bonchev–Trinajstić information content (AvgIpc) is 4.17. The van der Waals surface area contributed by atoms with Gasteiger partial charge in [0.25, 0.3) is 0 Å². The van der Waals surface area contributed by atoms with Crippen LogP contribution in [0.3, 0.4) is 0 Å². The standard InChI is InChI=1S/C66H61N5O/c1-64(2,3)44-34-35-67-61(39-44)71-58-30-19-29-57(70-55-27-15-13-24-52(55)53-25-14-16-28-56(53)70)62(58)54-33-32-50(41-60(54)71)72-49-23-17-22-47(40-49)68-42-69(48-37-45(65(4,5)6)36-46(38-48)66(7,8)9)63-51(26-18-31-59(63)68)43-20-11-10-12-21-43/h10-41H,42H2,1-9H3/i13D,14D,15D,16D,24D,25D,27D,28D. The van der Waals surface area contributed by atoms with Gasteiger partial charge in [0.1, 0.15) is 24.0 Å². The Labute approximate surface area is 434 Å². The van der Waals surface area contributed by atoms with Gasteiger partial charge in [-0.25, -0.2) is 4.98 Å². The Morgan fingerprint density at radius 1 is 0.472 bits per heavy atom. The minimum Gasteiger partial charge on any atom is -0.457 e. The zero-order valence-corrected chi connectivity index (χ0v) is 42.2. The van der Waals surface area contributed by atoms with E-state index in [0.29, 0.717) is 40.6 Å². The fourth-order valence-electron chi connectivity index (χ4n) is 10.3. The molecule has 8 aromatic carbocycles. The normalized spacial score (nSPS) is 14.8. The van der Waals surface area contributed by atoms with Crippen molar-refractivity contribution in [2.24, 2.45) is 0 Å². The van der Waals surface area contributed by atoms with Gasteiger partial charge < -0.3 is 19.1 Å². The number of hydrogen-bond donors (Lipinski definition) is 0. The molecule has 6 heteroatoms. The molecule has 356 valence electrons. The van der Waals surface area contributed by atoms with Crippen molar-refractivity contribution in [3.8, 4) is 34.1 Å². The fourth-order valence-corrected chi connectivity index (χ4v) is 10.3. The highest BCUT2D eigenvalue weighted by molar-refractivity contribution is 6.16. The summed E-state index contributed by atoms with van der Waals surface area (Å²) >= 11 is 0. The number of hydrogen-bond acceptors (Lipinski definition) is 4. The molecule has 0 unspecified atom stereocenters. The molecule has 0 aliphatic carbocycles. The van der Waals surface area contributed by atoms with E-state index < -0.39 is 24.2 Å². The van der Waals surface area contributed by atoms with Gasteiger partial charge in [-0.1, -0.05) is 159 Å².